The lowest BCUT2D eigenvalue weighted by Crippen LogP contribution is -2.38. The van der Waals surface area contributed by atoms with Crippen LogP contribution in [-0.2, 0) is 15.4 Å². The lowest BCUT2D eigenvalue weighted by Gasteiger charge is -2.33. The van der Waals surface area contributed by atoms with Gasteiger partial charge in [-0.05, 0) is 29.7 Å². The molecule has 0 saturated carbocycles. The molecule has 2 amide bonds. The maximum atomic E-state index is 13.4. The molecule has 160 valence electrons. The predicted octanol–water partition coefficient (Wildman–Crippen LogP) is 2.80. The molecular weight excluding hydrogens is 416 g/mol. The number of amides is 2. The highest BCUT2D eigenvalue weighted by Gasteiger charge is 2.41. The van der Waals surface area contributed by atoms with Gasteiger partial charge in [-0.1, -0.05) is 38.8 Å². The van der Waals surface area contributed by atoms with Crippen LogP contribution in [0.2, 0.25) is 0 Å². The molecule has 4 rings (SSSR count). The Bertz CT molecular complexity index is 1250. The summed E-state index contributed by atoms with van der Waals surface area (Å²) in [5.41, 5.74) is 1.63. The van der Waals surface area contributed by atoms with Crippen molar-refractivity contribution < 1.29 is 22.7 Å². The van der Waals surface area contributed by atoms with E-state index in [4.69, 9.17) is 11.2 Å². The molecule has 0 radical (unpaired) electrons. The molecule has 0 unspecified atom stereocenters. The monoisotopic (exact) mass is 438 g/mol. The van der Waals surface area contributed by atoms with Crippen LogP contribution in [0.5, 0.6) is 5.75 Å². The summed E-state index contributed by atoms with van der Waals surface area (Å²) in [5.74, 6) is 1.79. The van der Waals surface area contributed by atoms with Gasteiger partial charge in [0.2, 0.25) is 0 Å². The fourth-order valence-corrected chi connectivity index (χ4v) is 5.36. The molecular formula is C23H22N2O5S. The summed E-state index contributed by atoms with van der Waals surface area (Å²) in [6, 6.07) is 9.75. The minimum Gasteiger partial charge on any atom is -0.489 e. The molecule has 2 heterocycles. The van der Waals surface area contributed by atoms with E-state index in [-0.39, 0.29) is 33.9 Å². The lowest BCUT2D eigenvalue weighted by atomic mass is 9.85. The summed E-state index contributed by atoms with van der Waals surface area (Å²) in [6.45, 7) is 6.49. The third-order valence-electron chi connectivity index (χ3n) is 5.39. The minimum atomic E-state index is -4.09. The largest absolute Gasteiger partial charge is 0.489 e. The number of carbonyl (C=O) groups is 2. The summed E-state index contributed by atoms with van der Waals surface area (Å²) in [7, 11) is -4.09. The third-order valence-corrected chi connectivity index (χ3v) is 7.16. The van der Waals surface area contributed by atoms with Crippen LogP contribution in [0.3, 0.4) is 0 Å². The molecule has 0 aliphatic carbocycles. The Balaban J connectivity index is 1.76. The van der Waals surface area contributed by atoms with Crippen LogP contribution in [0, 0.1) is 12.3 Å². The molecule has 0 fully saturated rings. The van der Waals surface area contributed by atoms with Crippen LogP contribution in [0.1, 0.15) is 47.1 Å². The quantitative estimate of drug-likeness (QED) is 0.674. The summed E-state index contributed by atoms with van der Waals surface area (Å²) in [6.07, 6.45) is 5.21. The summed E-state index contributed by atoms with van der Waals surface area (Å²) in [5, 5.41) is 0. The van der Waals surface area contributed by atoms with Gasteiger partial charge in [0.05, 0.1) is 24.3 Å². The smallest absolute Gasteiger partial charge is 0.269 e. The first-order chi connectivity index (χ1) is 14.6. The molecule has 0 spiro atoms. The first-order valence-electron chi connectivity index (χ1n) is 9.80. The van der Waals surface area contributed by atoms with Crippen molar-refractivity contribution in [3.63, 3.8) is 0 Å². The fraction of sp³-hybridized carbons (Fsp3) is 0.304. The highest BCUT2D eigenvalue weighted by Crippen LogP contribution is 2.41. The number of nitrogens with zero attached hydrogens (tertiary/aromatic N) is 2. The number of sulfonamides is 1. The molecule has 0 saturated heterocycles. The number of benzene rings is 2. The zero-order valence-electron chi connectivity index (χ0n) is 17.5. The molecule has 8 heteroatoms. The molecule has 2 aromatic rings. The number of anilines is 1. The Morgan fingerprint density at radius 2 is 1.97 bits per heavy atom. The number of terminal acetylenes is 1. The third kappa shape index (κ3) is 3.26. The average Bonchev–Trinajstić information content (AvgIpc) is 2.92. The molecule has 0 atom stereocenters. The van der Waals surface area contributed by atoms with Crippen molar-refractivity contribution in [2.45, 2.75) is 31.1 Å². The summed E-state index contributed by atoms with van der Waals surface area (Å²) < 4.78 is 32.1. The second kappa shape index (κ2) is 7.13. The Labute approximate surface area is 181 Å². The summed E-state index contributed by atoms with van der Waals surface area (Å²) in [4.78, 5) is 27.2. The average molecular weight is 439 g/mol. The zero-order chi connectivity index (χ0) is 22.6. The first kappa shape index (κ1) is 20.9. The van der Waals surface area contributed by atoms with Crippen molar-refractivity contribution >= 4 is 27.5 Å². The van der Waals surface area contributed by atoms with Gasteiger partial charge in [0.25, 0.3) is 21.8 Å². The van der Waals surface area contributed by atoms with Crippen LogP contribution in [0.4, 0.5) is 5.69 Å². The van der Waals surface area contributed by atoms with Crippen molar-refractivity contribution in [3.8, 4) is 18.1 Å². The maximum absolute atomic E-state index is 13.4. The van der Waals surface area contributed by atoms with E-state index in [0.29, 0.717) is 28.9 Å². The molecule has 2 aliphatic heterocycles. The number of fused-ring (bicyclic) bond motifs is 2. The summed E-state index contributed by atoms with van der Waals surface area (Å²) >= 11 is 0. The molecule has 31 heavy (non-hydrogen) atoms. The van der Waals surface area contributed by atoms with E-state index in [9.17, 15) is 18.0 Å². The van der Waals surface area contributed by atoms with Crippen LogP contribution < -0.4 is 9.64 Å². The number of para-hydroxylation sites is 1. The van der Waals surface area contributed by atoms with E-state index in [1.54, 1.807) is 4.90 Å². The standard InChI is InChI=1S/C23H22N2O5S/c1-5-11-25-22(27)16-10-9-15(14-19(16)31(25,28)29)21(26)24-12-13-30-20-17(23(2,3)4)7-6-8-18(20)24/h1,6-10,14H,11-13H2,2-4H3. The van der Waals surface area contributed by atoms with Crippen molar-refractivity contribution in [2.24, 2.45) is 0 Å². The molecule has 0 aromatic heterocycles. The number of hydrogen-bond donors (Lipinski definition) is 0. The highest BCUT2D eigenvalue weighted by molar-refractivity contribution is 7.90. The Hall–Kier alpha value is -3.31. The van der Waals surface area contributed by atoms with Gasteiger partial charge < -0.3 is 9.64 Å². The second-order valence-electron chi connectivity index (χ2n) is 8.44. The highest BCUT2D eigenvalue weighted by atomic mass is 32.2. The Morgan fingerprint density at radius 3 is 2.65 bits per heavy atom. The molecule has 2 aromatic carbocycles. The van der Waals surface area contributed by atoms with E-state index in [1.807, 2.05) is 18.2 Å². The van der Waals surface area contributed by atoms with E-state index in [1.165, 1.54) is 18.2 Å². The van der Waals surface area contributed by atoms with Gasteiger partial charge in [0.1, 0.15) is 17.3 Å². The van der Waals surface area contributed by atoms with Crippen LogP contribution >= 0.6 is 0 Å². The molecule has 7 nitrogen and oxygen atoms in total. The van der Waals surface area contributed by atoms with Gasteiger partial charge in [-0.3, -0.25) is 9.59 Å². The van der Waals surface area contributed by atoms with E-state index >= 15 is 0 Å². The second-order valence-corrected chi connectivity index (χ2v) is 10.3. The van der Waals surface area contributed by atoms with Gasteiger partial charge in [0, 0.05) is 11.1 Å². The van der Waals surface area contributed by atoms with Crippen molar-refractivity contribution in [1.29, 1.82) is 0 Å². The predicted molar refractivity (Wildman–Crippen MR) is 116 cm³/mol. The van der Waals surface area contributed by atoms with Crippen LogP contribution in [0.25, 0.3) is 0 Å². The van der Waals surface area contributed by atoms with Crippen LogP contribution in [0.15, 0.2) is 41.3 Å². The number of rotatable bonds is 2. The van der Waals surface area contributed by atoms with Gasteiger partial charge in [-0.25, -0.2) is 12.7 Å². The van der Waals surface area contributed by atoms with E-state index < -0.39 is 15.9 Å². The Kier molecular flexibility index (Phi) is 4.82. The van der Waals surface area contributed by atoms with Crippen LogP contribution in [-0.4, -0.2) is 44.2 Å². The first-order valence-corrected chi connectivity index (χ1v) is 11.2. The molecule has 0 N–H and O–H groups in total. The normalized spacial score (nSPS) is 16.9. The van der Waals surface area contributed by atoms with E-state index in [0.717, 1.165) is 5.56 Å². The van der Waals surface area contributed by atoms with Crippen molar-refractivity contribution in [1.82, 2.24) is 4.31 Å². The topological polar surface area (TPSA) is 84.0 Å². The number of hydrogen-bond acceptors (Lipinski definition) is 5. The Morgan fingerprint density at radius 1 is 1.23 bits per heavy atom. The minimum absolute atomic E-state index is 0.0178. The number of ether oxygens (including phenoxy) is 1. The van der Waals surface area contributed by atoms with Gasteiger partial charge in [-0.2, -0.15) is 0 Å². The van der Waals surface area contributed by atoms with Crippen molar-refractivity contribution in [2.75, 3.05) is 24.6 Å². The number of carbonyl (C=O) groups excluding carboxylic acids is 2. The fourth-order valence-electron chi connectivity index (χ4n) is 3.85. The van der Waals surface area contributed by atoms with Gasteiger partial charge >= 0.3 is 0 Å². The lowest BCUT2D eigenvalue weighted by molar-refractivity contribution is 0.0881. The molecule has 0 bridgehead atoms. The zero-order valence-corrected chi connectivity index (χ0v) is 18.3. The van der Waals surface area contributed by atoms with Gasteiger partial charge in [0.15, 0.2) is 0 Å². The molecule has 2 aliphatic rings. The van der Waals surface area contributed by atoms with Crippen molar-refractivity contribution in [3.05, 3.63) is 53.1 Å². The maximum Gasteiger partial charge on any atom is 0.269 e. The van der Waals surface area contributed by atoms with Gasteiger partial charge in [-0.15, -0.1) is 6.42 Å². The van der Waals surface area contributed by atoms with E-state index in [2.05, 4.69) is 26.7 Å². The SMILES string of the molecule is C#CCN1C(=O)c2ccc(C(=O)N3CCOc4c3cccc4C(C)(C)C)cc2S1(=O)=O.